The molecule has 2 aromatic heterocycles. The van der Waals surface area contributed by atoms with Gasteiger partial charge in [0.25, 0.3) is 5.91 Å². The quantitative estimate of drug-likeness (QED) is 0.800. The summed E-state index contributed by atoms with van der Waals surface area (Å²) in [5.74, 6) is 1.39. The van der Waals surface area contributed by atoms with Gasteiger partial charge in [0.1, 0.15) is 10.8 Å². The second kappa shape index (κ2) is 7.17. The van der Waals surface area contributed by atoms with Gasteiger partial charge in [0.2, 0.25) is 0 Å². The third-order valence-electron chi connectivity index (χ3n) is 4.86. The van der Waals surface area contributed by atoms with E-state index in [1.54, 1.807) is 6.20 Å². The predicted octanol–water partition coefficient (Wildman–Crippen LogP) is 2.68. The Morgan fingerprint density at radius 3 is 2.92 bits per heavy atom. The summed E-state index contributed by atoms with van der Waals surface area (Å²) in [5, 5.41) is 11.5. The largest absolute Gasteiger partial charge is 0.361 e. The number of carbonyl (C=O) groups excluding carboxylic acids is 1. The van der Waals surface area contributed by atoms with Gasteiger partial charge in [-0.1, -0.05) is 16.9 Å². The number of thioether (sulfide) groups is 1. The van der Waals surface area contributed by atoms with Crippen molar-refractivity contribution in [3.63, 3.8) is 0 Å². The Labute approximate surface area is 151 Å². The molecule has 2 N–H and O–H groups in total. The molecular weight excluding hydrogens is 336 g/mol. The Bertz CT molecular complexity index is 751. The molecule has 6 nitrogen and oxygen atoms in total. The molecule has 2 aromatic rings. The minimum absolute atomic E-state index is 0.0294. The van der Waals surface area contributed by atoms with E-state index in [2.05, 4.69) is 20.8 Å². The number of nitrogens with one attached hydrogen (secondary N) is 2. The maximum atomic E-state index is 12.8. The zero-order valence-electron chi connectivity index (χ0n) is 14.2. The number of rotatable bonds is 5. The Morgan fingerprint density at radius 1 is 1.40 bits per heavy atom. The van der Waals surface area contributed by atoms with Crippen molar-refractivity contribution >= 4 is 17.7 Å². The van der Waals surface area contributed by atoms with Crippen LogP contribution >= 0.6 is 11.8 Å². The van der Waals surface area contributed by atoms with Gasteiger partial charge in [-0.05, 0) is 44.7 Å². The average Bonchev–Trinajstić information content (AvgIpc) is 3.18. The molecule has 4 heterocycles. The molecule has 7 heteroatoms. The number of piperidine rings is 1. The molecule has 0 saturated carbocycles. The lowest BCUT2D eigenvalue weighted by Crippen LogP contribution is -2.48. The van der Waals surface area contributed by atoms with Crippen LogP contribution < -0.4 is 10.6 Å². The molecule has 0 aliphatic carbocycles. The smallest absolute Gasteiger partial charge is 0.254 e. The van der Waals surface area contributed by atoms with Gasteiger partial charge in [-0.2, -0.15) is 0 Å². The van der Waals surface area contributed by atoms with Crippen molar-refractivity contribution < 1.29 is 9.32 Å². The first-order chi connectivity index (χ1) is 12.2. The first kappa shape index (κ1) is 16.6. The van der Waals surface area contributed by atoms with E-state index in [1.807, 2.05) is 25.1 Å². The summed E-state index contributed by atoms with van der Waals surface area (Å²) >= 11 is 1.51. The molecule has 132 valence electrons. The fourth-order valence-corrected chi connectivity index (χ4v) is 4.62. The monoisotopic (exact) mass is 358 g/mol. The zero-order chi connectivity index (χ0) is 17.2. The number of hydrogen-bond donors (Lipinski definition) is 2. The van der Waals surface area contributed by atoms with Crippen LogP contribution in [-0.4, -0.2) is 34.2 Å². The minimum atomic E-state index is -0.0294. The normalized spacial score (nSPS) is 25.1. The van der Waals surface area contributed by atoms with Crippen LogP contribution in [0.2, 0.25) is 0 Å². The standard InChI is InChI=1S/C18H22N4O2S/c1-11-7-15(22-24-11)10-25-18-16(3-2-6-19-18)17(23)21-14-8-12-4-5-13(9-14)20-12/h2-3,6-7,12-14,20H,4-5,8-10H2,1H3,(H,21,23). The van der Waals surface area contributed by atoms with Crippen molar-refractivity contribution in [3.05, 3.63) is 41.4 Å². The van der Waals surface area contributed by atoms with E-state index in [1.165, 1.54) is 24.6 Å². The summed E-state index contributed by atoms with van der Waals surface area (Å²) in [5.41, 5.74) is 1.49. The summed E-state index contributed by atoms with van der Waals surface area (Å²) in [4.78, 5) is 17.2. The SMILES string of the molecule is Cc1cc(CSc2ncccc2C(=O)NC2CC3CCC(C2)N3)no1. The molecule has 25 heavy (non-hydrogen) atoms. The van der Waals surface area contributed by atoms with Gasteiger partial charge in [-0.3, -0.25) is 4.79 Å². The van der Waals surface area contributed by atoms with Crippen LogP contribution in [0.15, 0.2) is 33.9 Å². The number of carbonyl (C=O) groups is 1. The van der Waals surface area contributed by atoms with Crippen LogP contribution in [-0.2, 0) is 5.75 Å². The van der Waals surface area contributed by atoms with E-state index in [9.17, 15) is 4.79 Å². The van der Waals surface area contributed by atoms with Gasteiger partial charge in [0.05, 0.1) is 11.3 Å². The molecule has 0 aromatic carbocycles. The lowest BCUT2D eigenvalue weighted by Gasteiger charge is -2.29. The Morgan fingerprint density at radius 2 is 2.20 bits per heavy atom. The average molecular weight is 358 g/mol. The van der Waals surface area contributed by atoms with Crippen molar-refractivity contribution in [3.8, 4) is 0 Å². The van der Waals surface area contributed by atoms with Gasteiger partial charge < -0.3 is 15.2 Å². The lowest BCUT2D eigenvalue weighted by molar-refractivity contribution is 0.0920. The van der Waals surface area contributed by atoms with E-state index in [0.29, 0.717) is 23.4 Å². The second-order valence-electron chi connectivity index (χ2n) is 6.85. The predicted molar refractivity (Wildman–Crippen MR) is 95.5 cm³/mol. The molecule has 2 saturated heterocycles. The maximum absolute atomic E-state index is 12.8. The summed E-state index contributed by atoms with van der Waals surface area (Å²) in [6, 6.07) is 6.92. The highest BCUT2D eigenvalue weighted by Gasteiger charge is 2.34. The number of hydrogen-bond acceptors (Lipinski definition) is 6. The highest BCUT2D eigenvalue weighted by Crippen LogP contribution is 2.28. The van der Waals surface area contributed by atoms with E-state index in [0.717, 1.165) is 29.3 Å². The molecule has 2 bridgehead atoms. The fourth-order valence-electron chi connectivity index (χ4n) is 3.75. The van der Waals surface area contributed by atoms with E-state index >= 15 is 0 Å². The van der Waals surface area contributed by atoms with E-state index in [-0.39, 0.29) is 11.9 Å². The van der Waals surface area contributed by atoms with Crippen molar-refractivity contribution in [2.75, 3.05) is 0 Å². The molecule has 2 aliphatic heterocycles. The Balaban J connectivity index is 1.41. The van der Waals surface area contributed by atoms with Crippen molar-refractivity contribution in [2.24, 2.45) is 0 Å². The first-order valence-corrected chi connectivity index (χ1v) is 9.73. The molecule has 0 spiro atoms. The topological polar surface area (TPSA) is 80.0 Å². The molecule has 4 rings (SSSR count). The lowest BCUT2D eigenvalue weighted by atomic mass is 9.99. The van der Waals surface area contributed by atoms with Gasteiger partial charge in [0.15, 0.2) is 0 Å². The Kier molecular flexibility index (Phi) is 4.76. The van der Waals surface area contributed by atoms with Gasteiger partial charge in [-0.15, -0.1) is 0 Å². The maximum Gasteiger partial charge on any atom is 0.254 e. The van der Waals surface area contributed by atoms with Crippen molar-refractivity contribution in [1.29, 1.82) is 0 Å². The third kappa shape index (κ3) is 3.88. The van der Waals surface area contributed by atoms with Crippen LogP contribution in [0.5, 0.6) is 0 Å². The summed E-state index contributed by atoms with van der Waals surface area (Å²) < 4.78 is 5.09. The molecule has 1 amide bonds. The number of nitrogens with zero attached hydrogens (tertiary/aromatic N) is 2. The minimum Gasteiger partial charge on any atom is -0.361 e. The number of pyridine rings is 1. The van der Waals surface area contributed by atoms with Crippen LogP contribution in [0.1, 0.15) is 47.5 Å². The van der Waals surface area contributed by atoms with Crippen LogP contribution in [0, 0.1) is 6.92 Å². The summed E-state index contributed by atoms with van der Waals surface area (Å²) in [6.45, 7) is 1.87. The molecular formula is C18H22N4O2S. The number of fused-ring (bicyclic) bond motifs is 2. The fraction of sp³-hybridized carbons (Fsp3) is 0.500. The highest BCUT2D eigenvalue weighted by atomic mass is 32.2. The number of aryl methyl sites for hydroxylation is 1. The molecule has 0 radical (unpaired) electrons. The molecule has 2 fully saturated rings. The number of amides is 1. The van der Waals surface area contributed by atoms with Crippen LogP contribution in [0.3, 0.4) is 0 Å². The van der Waals surface area contributed by atoms with Gasteiger partial charge in [-0.25, -0.2) is 4.98 Å². The molecule has 2 unspecified atom stereocenters. The van der Waals surface area contributed by atoms with E-state index < -0.39 is 0 Å². The van der Waals surface area contributed by atoms with Gasteiger partial charge >= 0.3 is 0 Å². The first-order valence-electron chi connectivity index (χ1n) is 8.74. The van der Waals surface area contributed by atoms with Crippen molar-refractivity contribution in [1.82, 2.24) is 20.8 Å². The van der Waals surface area contributed by atoms with Gasteiger partial charge in [0, 0.05) is 36.1 Å². The van der Waals surface area contributed by atoms with Crippen LogP contribution in [0.25, 0.3) is 0 Å². The molecule has 2 atom stereocenters. The third-order valence-corrected chi connectivity index (χ3v) is 5.90. The van der Waals surface area contributed by atoms with E-state index in [4.69, 9.17) is 4.52 Å². The molecule has 2 aliphatic rings. The van der Waals surface area contributed by atoms with Crippen LogP contribution in [0.4, 0.5) is 0 Å². The summed E-state index contributed by atoms with van der Waals surface area (Å²) in [6.07, 6.45) is 6.20. The zero-order valence-corrected chi connectivity index (χ0v) is 15.0. The Hall–Kier alpha value is -1.86. The number of aromatic nitrogens is 2. The second-order valence-corrected chi connectivity index (χ2v) is 7.82. The van der Waals surface area contributed by atoms with Crippen molar-refractivity contribution in [2.45, 2.75) is 61.5 Å². The highest BCUT2D eigenvalue weighted by molar-refractivity contribution is 7.98. The summed E-state index contributed by atoms with van der Waals surface area (Å²) in [7, 11) is 0.